The van der Waals surface area contributed by atoms with Crippen molar-refractivity contribution >= 4 is 54.6 Å². The lowest BCUT2D eigenvalue weighted by Crippen LogP contribution is -2.38. The molecule has 0 spiro atoms. The van der Waals surface area contributed by atoms with Crippen molar-refractivity contribution in [2.24, 2.45) is 0 Å². The average molecular weight is 630 g/mol. The summed E-state index contributed by atoms with van der Waals surface area (Å²) in [6.45, 7) is 1.19. The van der Waals surface area contributed by atoms with E-state index in [1.165, 1.54) is 62.8 Å². The summed E-state index contributed by atoms with van der Waals surface area (Å²) in [5, 5.41) is 3.01. The van der Waals surface area contributed by atoms with Gasteiger partial charge in [0, 0.05) is 16.8 Å². The number of nitrogens with one attached hydrogen (secondary N) is 2. The monoisotopic (exact) mass is 629 g/mol. The highest BCUT2D eigenvalue weighted by atomic mass is 35.5. The van der Waals surface area contributed by atoms with Crippen LogP contribution in [0.1, 0.15) is 5.56 Å². The van der Waals surface area contributed by atoms with Crippen molar-refractivity contribution in [2.75, 3.05) is 35.1 Å². The molecule has 0 bridgehead atoms. The van der Waals surface area contributed by atoms with Crippen molar-refractivity contribution in [3.8, 4) is 11.5 Å². The second-order valence-electron chi connectivity index (χ2n) is 9.00. The predicted octanol–water partition coefficient (Wildman–Crippen LogP) is 5.30. The number of ether oxygens (including phenoxy) is 2. The number of anilines is 3. The number of carbonyl (C=O) groups excluding carboxylic acids is 1. The number of aryl methyl sites for hydroxylation is 1. The zero-order valence-electron chi connectivity index (χ0n) is 22.9. The summed E-state index contributed by atoms with van der Waals surface area (Å²) in [6.07, 6.45) is 0. The number of hydrogen-bond acceptors (Lipinski definition) is 7. The number of sulfonamides is 2. The molecule has 0 fully saturated rings. The van der Waals surface area contributed by atoms with Gasteiger partial charge in [0.2, 0.25) is 5.91 Å². The normalized spacial score (nSPS) is 11.4. The standard InChI is InChI=1S/C29H28ClN3O7S2/c1-20-9-10-21(30)17-26(20)32-41(35,36)24-13-11-22(12-14-24)31-29(34)19-33(23-7-5-4-6-8-23)42(37,38)25-15-16-27(39-2)28(18-25)40-3/h4-18,32H,19H2,1-3H3,(H,31,34). The Kier molecular flexibility index (Phi) is 9.30. The Labute approximate surface area is 250 Å². The van der Waals surface area contributed by atoms with Crippen LogP contribution in [0.3, 0.4) is 0 Å². The lowest BCUT2D eigenvalue weighted by molar-refractivity contribution is -0.114. The highest BCUT2D eigenvalue weighted by molar-refractivity contribution is 7.93. The molecule has 0 aliphatic rings. The van der Waals surface area contributed by atoms with E-state index >= 15 is 0 Å². The van der Waals surface area contributed by atoms with E-state index in [4.69, 9.17) is 21.1 Å². The molecule has 4 aromatic carbocycles. The van der Waals surface area contributed by atoms with Crippen molar-refractivity contribution < 1.29 is 31.1 Å². The summed E-state index contributed by atoms with van der Waals surface area (Å²) in [4.78, 5) is 12.9. The van der Waals surface area contributed by atoms with E-state index in [1.807, 2.05) is 0 Å². The molecule has 10 nitrogen and oxygen atoms in total. The Bertz CT molecular complexity index is 1800. The summed E-state index contributed by atoms with van der Waals surface area (Å²) in [7, 11) is -5.34. The number of nitrogens with zero attached hydrogens (tertiary/aromatic N) is 1. The van der Waals surface area contributed by atoms with E-state index in [0.717, 1.165) is 4.31 Å². The van der Waals surface area contributed by atoms with Crippen LogP contribution in [0, 0.1) is 6.92 Å². The smallest absolute Gasteiger partial charge is 0.264 e. The number of hydrogen-bond donors (Lipinski definition) is 2. The molecule has 4 rings (SSSR count). The minimum atomic E-state index is -4.22. The van der Waals surface area contributed by atoms with Crippen molar-refractivity contribution in [3.05, 3.63) is 102 Å². The SMILES string of the molecule is COc1ccc(S(=O)(=O)N(CC(=O)Nc2ccc(S(=O)(=O)Nc3cc(Cl)ccc3C)cc2)c2ccccc2)cc1OC. The van der Waals surface area contributed by atoms with Gasteiger partial charge in [-0.3, -0.25) is 13.8 Å². The molecule has 0 atom stereocenters. The van der Waals surface area contributed by atoms with Crippen LogP contribution in [0.5, 0.6) is 11.5 Å². The fourth-order valence-corrected chi connectivity index (χ4v) is 6.70. The summed E-state index contributed by atoms with van der Waals surface area (Å²) in [5.41, 5.74) is 1.58. The van der Waals surface area contributed by atoms with Gasteiger partial charge in [0.25, 0.3) is 20.0 Å². The van der Waals surface area contributed by atoms with Gasteiger partial charge in [-0.1, -0.05) is 35.9 Å². The quantitative estimate of drug-likeness (QED) is 0.230. The third-order valence-corrected chi connectivity index (χ3v) is 9.55. The lowest BCUT2D eigenvalue weighted by Gasteiger charge is -2.24. The number of rotatable bonds is 11. The number of halogens is 1. The van der Waals surface area contributed by atoms with E-state index in [1.54, 1.807) is 49.4 Å². The molecule has 0 radical (unpaired) electrons. The van der Waals surface area contributed by atoms with E-state index < -0.39 is 32.5 Å². The molecular weight excluding hydrogens is 602 g/mol. The molecule has 0 aliphatic heterocycles. The Hall–Kier alpha value is -4.26. The van der Waals surface area contributed by atoms with E-state index in [9.17, 15) is 21.6 Å². The molecule has 2 N–H and O–H groups in total. The van der Waals surface area contributed by atoms with Crippen LogP contribution < -0.4 is 23.8 Å². The number of benzene rings is 4. The van der Waals surface area contributed by atoms with Gasteiger partial charge < -0.3 is 14.8 Å². The van der Waals surface area contributed by atoms with E-state index in [0.29, 0.717) is 22.0 Å². The minimum Gasteiger partial charge on any atom is -0.493 e. The molecule has 13 heteroatoms. The highest BCUT2D eigenvalue weighted by Gasteiger charge is 2.28. The lowest BCUT2D eigenvalue weighted by atomic mass is 10.2. The maximum Gasteiger partial charge on any atom is 0.264 e. The molecule has 1 amide bonds. The molecule has 0 saturated heterocycles. The van der Waals surface area contributed by atoms with Crippen LogP contribution in [-0.2, 0) is 24.8 Å². The largest absolute Gasteiger partial charge is 0.493 e. The van der Waals surface area contributed by atoms with Crippen LogP contribution in [-0.4, -0.2) is 43.5 Å². The number of methoxy groups -OCH3 is 2. The van der Waals surface area contributed by atoms with Gasteiger partial charge in [-0.2, -0.15) is 0 Å². The number of carbonyl (C=O) groups is 1. The molecule has 0 aromatic heterocycles. The first-order chi connectivity index (χ1) is 19.9. The Morgan fingerprint density at radius 3 is 2.10 bits per heavy atom. The highest BCUT2D eigenvalue weighted by Crippen LogP contribution is 2.32. The van der Waals surface area contributed by atoms with Gasteiger partial charge in [0.1, 0.15) is 6.54 Å². The van der Waals surface area contributed by atoms with Crippen LogP contribution in [0.25, 0.3) is 0 Å². The van der Waals surface area contributed by atoms with Gasteiger partial charge in [-0.15, -0.1) is 0 Å². The molecule has 4 aromatic rings. The fraction of sp³-hybridized carbons (Fsp3) is 0.138. The first kappa shape index (κ1) is 30.7. The maximum absolute atomic E-state index is 13.7. The second kappa shape index (κ2) is 12.7. The molecule has 220 valence electrons. The first-order valence-corrected chi connectivity index (χ1v) is 15.7. The van der Waals surface area contributed by atoms with Crippen molar-refractivity contribution in [1.82, 2.24) is 0 Å². The van der Waals surface area contributed by atoms with Crippen molar-refractivity contribution in [1.29, 1.82) is 0 Å². The third kappa shape index (κ3) is 6.96. The Morgan fingerprint density at radius 2 is 1.45 bits per heavy atom. The number of amides is 1. The zero-order chi connectivity index (χ0) is 30.5. The van der Waals surface area contributed by atoms with E-state index in [2.05, 4.69) is 10.0 Å². The summed E-state index contributed by atoms with van der Waals surface area (Å²) < 4.78 is 67.2. The molecular formula is C29H28ClN3O7S2. The fourth-order valence-electron chi connectivity index (χ4n) is 3.97. The zero-order valence-corrected chi connectivity index (χ0v) is 25.3. The number of para-hydroxylation sites is 1. The van der Waals surface area contributed by atoms with Gasteiger partial charge in [0.15, 0.2) is 11.5 Å². The Balaban J connectivity index is 1.55. The van der Waals surface area contributed by atoms with Crippen LogP contribution in [0.15, 0.2) is 101 Å². The third-order valence-electron chi connectivity index (χ3n) is 6.17. The minimum absolute atomic E-state index is 0.0400. The summed E-state index contributed by atoms with van der Waals surface area (Å²) >= 11 is 6.00. The average Bonchev–Trinajstić information content (AvgIpc) is 2.98. The molecule has 0 saturated carbocycles. The van der Waals surface area contributed by atoms with Crippen LogP contribution in [0.4, 0.5) is 17.1 Å². The maximum atomic E-state index is 13.7. The van der Waals surface area contributed by atoms with Gasteiger partial charge >= 0.3 is 0 Å². The second-order valence-corrected chi connectivity index (χ2v) is 13.0. The first-order valence-electron chi connectivity index (χ1n) is 12.4. The van der Waals surface area contributed by atoms with Crippen molar-refractivity contribution in [2.45, 2.75) is 16.7 Å². The van der Waals surface area contributed by atoms with Gasteiger partial charge in [-0.05, 0) is 73.2 Å². The topological polar surface area (TPSA) is 131 Å². The van der Waals surface area contributed by atoms with Gasteiger partial charge in [0.05, 0.1) is 35.4 Å². The van der Waals surface area contributed by atoms with Crippen LogP contribution in [0.2, 0.25) is 5.02 Å². The predicted molar refractivity (Wildman–Crippen MR) is 163 cm³/mol. The molecule has 42 heavy (non-hydrogen) atoms. The summed E-state index contributed by atoms with van der Waals surface area (Å²) in [6, 6.07) is 22.7. The Morgan fingerprint density at radius 1 is 0.810 bits per heavy atom. The van der Waals surface area contributed by atoms with Crippen LogP contribution >= 0.6 is 11.6 Å². The van der Waals surface area contributed by atoms with Crippen molar-refractivity contribution in [3.63, 3.8) is 0 Å². The van der Waals surface area contributed by atoms with Gasteiger partial charge in [-0.25, -0.2) is 16.8 Å². The molecule has 0 aliphatic carbocycles. The van der Waals surface area contributed by atoms with E-state index in [-0.39, 0.29) is 26.9 Å². The molecule has 0 unspecified atom stereocenters. The molecule has 0 heterocycles. The summed E-state index contributed by atoms with van der Waals surface area (Å²) in [5.74, 6) is -0.0823.